The van der Waals surface area contributed by atoms with E-state index in [9.17, 15) is 5.11 Å². The molecule has 0 spiro atoms. The Morgan fingerprint density at radius 2 is 1.94 bits per heavy atom. The standard InChI is InChI=1S/C15H32N2O/c1-7-17(12(2)10-16(5)6)11-13-8-9-15(3,4)14(13)18/h12-14,18H,7-11H2,1-6H3. The monoisotopic (exact) mass is 256 g/mol. The highest BCUT2D eigenvalue weighted by Gasteiger charge is 2.41. The van der Waals surface area contributed by atoms with Crippen LogP contribution >= 0.6 is 0 Å². The molecule has 1 aliphatic carbocycles. The summed E-state index contributed by atoms with van der Waals surface area (Å²) in [5, 5.41) is 10.4. The zero-order valence-corrected chi connectivity index (χ0v) is 13.1. The average molecular weight is 256 g/mol. The number of aliphatic hydroxyl groups is 1. The van der Waals surface area contributed by atoms with Crippen LogP contribution in [-0.4, -0.2) is 60.8 Å². The molecule has 3 unspecified atom stereocenters. The van der Waals surface area contributed by atoms with Gasteiger partial charge in [0.2, 0.25) is 0 Å². The number of hydrogen-bond donors (Lipinski definition) is 1. The van der Waals surface area contributed by atoms with Crippen molar-refractivity contribution in [2.75, 3.05) is 33.7 Å². The first-order valence-electron chi connectivity index (χ1n) is 7.34. The Hall–Kier alpha value is -0.120. The predicted molar refractivity (Wildman–Crippen MR) is 77.8 cm³/mol. The summed E-state index contributed by atoms with van der Waals surface area (Å²) in [7, 11) is 4.25. The summed E-state index contributed by atoms with van der Waals surface area (Å²) in [6, 6.07) is 0.556. The fraction of sp³-hybridized carbons (Fsp3) is 1.00. The van der Waals surface area contributed by atoms with Crippen LogP contribution in [0.15, 0.2) is 0 Å². The SMILES string of the molecule is CCN(CC1CCC(C)(C)C1O)C(C)CN(C)C. The van der Waals surface area contributed by atoms with Crippen LogP contribution in [-0.2, 0) is 0 Å². The molecule has 0 aromatic carbocycles. The first-order chi connectivity index (χ1) is 8.27. The summed E-state index contributed by atoms with van der Waals surface area (Å²) >= 11 is 0. The van der Waals surface area contributed by atoms with Crippen molar-refractivity contribution in [2.24, 2.45) is 11.3 Å². The third-order valence-electron chi connectivity index (χ3n) is 4.53. The smallest absolute Gasteiger partial charge is 0.0631 e. The lowest BCUT2D eigenvalue weighted by atomic mass is 9.87. The van der Waals surface area contributed by atoms with Crippen LogP contribution in [0.5, 0.6) is 0 Å². The molecule has 1 saturated carbocycles. The molecule has 0 bridgehead atoms. The summed E-state index contributed by atoms with van der Waals surface area (Å²) in [5.74, 6) is 0.449. The molecule has 0 heterocycles. The number of aliphatic hydroxyl groups excluding tert-OH is 1. The van der Waals surface area contributed by atoms with E-state index in [0.717, 1.165) is 26.1 Å². The third-order valence-corrected chi connectivity index (χ3v) is 4.53. The Morgan fingerprint density at radius 1 is 1.33 bits per heavy atom. The van der Waals surface area contributed by atoms with Crippen molar-refractivity contribution < 1.29 is 5.11 Å². The van der Waals surface area contributed by atoms with Gasteiger partial charge in [0.15, 0.2) is 0 Å². The Balaban J connectivity index is 2.54. The van der Waals surface area contributed by atoms with E-state index in [-0.39, 0.29) is 11.5 Å². The van der Waals surface area contributed by atoms with Gasteiger partial charge in [-0.1, -0.05) is 20.8 Å². The molecule has 1 N–H and O–H groups in total. The van der Waals surface area contributed by atoms with Gasteiger partial charge in [-0.05, 0) is 51.7 Å². The van der Waals surface area contributed by atoms with Crippen LogP contribution in [0.3, 0.4) is 0 Å². The normalized spacial score (nSPS) is 29.2. The van der Waals surface area contributed by atoms with Gasteiger partial charge in [0, 0.05) is 19.1 Å². The molecule has 0 radical (unpaired) electrons. The number of likely N-dealkylation sites (N-methyl/N-ethyl adjacent to an activating group) is 2. The largest absolute Gasteiger partial charge is 0.392 e. The van der Waals surface area contributed by atoms with E-state index in [1.807, 2.05) is 0 Å². The summed E-state index contributed by atoms with van der Waals surface area (Å²) in [4.78, 5) is 4.75. The first kappa shape index (κ1) is 15.9. The molecule has 1 fully saturated rings. The van der Waals surface area contributed by atoms with Crippen LogP contribution in [0.25, 0.3) is 0 Å². The van der Waals surface area contributed by atoms with Crippen molar-refractivity contribution in [3.63, 3.8) is 0 Å². The van der Waals surface area contributed by atoms with Gasteiger partial charge in [0.25, 0.3) is 0 Å². The fourth-order valence-electron chi connectivity index (χ4n) is 3.26. The molecule has 1 rings (SSSR count). The van der Waals surface area contributed by atoms with Crippen LogP contribution in [0.1, 0.15) is 40.5 Å². The van der Waals surface area contributed by atoms with Crippen LogP contribution in [0.2, 0.25) is 0 Å². The average Bonchev–Trinajstić information content (AvgIpc) is 2.51. The molecule has 0 amide bonds. The lowest BCUT2D eigenvalue weighted by molar-refractivity contribution is 0.0265. The molecule has 0 saturated heterocycles. The van der Waals surface area contributed by atoms with Gasteiger partial charge in [0.05, 0.1) is 6.10 Å². The van der Waals surface area contributed by atoms with E-state index in [1.54, 1.807) is 0 Å². The Morgan fingerprint density at radius 3 is 2.33 bits per heavy atom. The lowest BCUT2D eigenvalue weighted by Crippen LogP contribution is -2.44. The molecular weight excluding hydrogens is 224 g/mol. The second-order valence-electron chi connectivity index (χ2n) is 6.93. The molecule has 3 nitrogen and oxygen atoms in total. The molecule has 1 aliphatic rings. The zero-order valence-electron chi connectivity index (χ0n) is 13.1. The van der Waals surface area contributed by atoms with Gasteiger partial charge in [-0.25, -0.2) is 0 Å². The highest BCUT2D eigenvalue weighted by Crippen LogP contribution is 2.41. The lowest BCUT2D eigenvalue weighted by Gasteiger charge is -2.34. The van der Waals surface area contributed by atoms with Gasteiger partial charge in [-0.15, -0.1) is 0 Å². The maximum atomic E-state index is 10.4. The predicted octanol–water partition coefficient (Wildman–Crippen LogP) is 2.06. The molecular formula is C15H32N2O. The van der Waals surface area contributed by atoms with Crippen molar-refractivity contribution in [3.8, 4) is 0 Å². The van der Waals surface area contributed by atoms with E-state index in [2.05, 4.69) is 51.6 Å². The second kappa shape index (κ2) is 6.36. The van der Waals surface area contributed by atoms with Gasteiger partial charge >= 0.3 is 0 Å². The van der Waals surface area contributed by atoms with Crippen molar-refractivity contribution >= 4 is 0 Å². The number of rotatable bonds is 6. The molecule has 0 aliphatic heterocycles. The van der Waals surface area contributed by atoms with Gasteiger partial charge in [-0.3, -0.25) is 4.90 Å². The quantitative estimate of drug-likeness (QED) is 0.788. The van der Waals surface area contributed by atoms with Crippen molar-refractivity contribution in [2.45, 2.75) is 52.7 Å². The van der Waals surface area contributed by atoms with E-state index >= 15 is 0 Å². The van der Waals surface area contributed by atoms with E-state index in [0.29, 0.717) is 12.0 Å². The van der Waals surface area contributed by atoms with Crippen LogP contribution in [0.4, 0.5) is 0 Å². The summed E-state index contributed by atoms with van der Waals surface area (Å²) in [6.45, 7) is 12.1. The fourth-order valence-corrected chi connectivity index (χ4v) is 3.26. The maximum Gasteiger partial charge on any atom is 0.0631 e. The van der Waals surface area contributed by atoms with Gasteiger partial charge < -0.3 is 10.0 Å². The van der Waals surface area contributed by atoms with E-state index in [1.165, 1.54) is 6.42 Å². The highest BCUT2D eigenvalue weighted by atomic mass is 16.3. The highest BCUT2D eigenvalue weighted by molar-refractivity contribution is 4.92. The maximum absolute atomic E-state index is 10.4. The van der Waals surface area contributed by atoms with Crippen molar-refractivity contribution in [1.82, 2.24) is 9.80 Å². The Kier molecular flexibility index (Phi) is 5.63. The van der Waals surface area contributed by atoms with Crippen molar-refractivity contribution in [1.29, 1.82) is 0 Å². The molecule has 3 heteroatoms. The van der Waals surface area contributed by atoms with E-state index in [4.69, 9.17) is 0 Å². The minimum absolute atomic E-state index is 0.106. The Bertz CT molecular complexity index is 253. The topological polar surface area (TPSA) is 26.7 Å². The summed E-state index contributed by atoms with van der Waals surface area (Å²) in [5.41, 5.74) is 0.106. The summed E-state index contributed by atoms with van der Waals surface area (Å²) in [6.07, 6.45) is 2.18. The molecule has 0 aromatic heterocycles. The van der Waals surface area contributed by atoms with Crippen LogP contribution in [0, 0.1) is 11.3 Å². The molecule has 108 valence electrons. The molecule has 0 aromatic rings. The van der Waals surface area contributed by atoms with E-state index < -0.39 is 0 Å². The number of nitrogens with zero attached hydrogens (tertiary/aromatic N) is 2. The van der Waals surface area contributed by atoms with Gasteiger partial charge in [0.1, 0.15) is 0 Å². The van der Waals surface area contributed by atoms with Crippen molar-refractivity contribution in [3.05, 3.63) is 0 Å². The minimum Gasteiger partial charge on any atom is -0.392 e. The second-order valence-corrected chi connectivity index (χ2v) is 6.93. The minimum atomic E-state index is -0.141. The first-order valence-corrected chi connectivity index (χ1v) is 7.34. The van der Waals surface area contributed by atoms with Crippen LogP contribution < -0.4 is 0 Å². The zero-order chi connectivity index (χ0) is 13.9. The Labute approximate surface area is 113 Å². The third kappa shape index (κ3) is 3.94. The number of hydrogen-bond acceptors (Lipinski definition) is 3. The van der Waals surface area contributed by atoms with Gasteiger partial charge in [-0.2, -0.15) is 0 Å². The molecule has 18 heavy (non-hydrogen) atoms. The summed E-state index contributed by atoms with van der Waals surface area (Å²) < 4.78 is 0. The molecule has 3 atom stereocenters.